The summed E-state index contributed by atoms with van der Waals surface area (Å²) in [5.41, 5.74) is 6.34. The van der Waals surface area contributed by atoms with E-state index >= 15 is 0 Å². The molecule has 8 heteroatoms. The molecule has 0 radical (unpaired) electrons. The standard InChI is InChI=1S/C13H16N4O3S/c1-19-10-9(14)11(13(18)20-2)21-12(10)17-6-5-16-4-3-15-8(16)7-17/h3-4H,5-7,14H2,1-2H3. The van der Waals surface area contributed by atoms with Crippen LogP contribution < -0.4 is 15.4 Å². The van der Waals surface area contributed by atoms with Gasteiger partial charge in [-0.3, -0.25) is 0 Å². The van der Waals surface area contributed by atoms with Crippen molar-refractivity contribution in [2.75, 3.05) is 31.4 Å². The number of thiophene rings is 1. The quantitative estimate of drug-likeness (QED) is 0.862. The number of hydrogen-bond donors (Lipinski definition) is 1. The first-order valence-corrected chi connectivity index (χ1v) is 7.27. The van der Waals surface area contributed by atoms with Crippen LogP contribution in [0.15, 0.2) is 12.4 Å². The molecule has 112 valence electrons. The molecule has 0 bridgehead atoms. The molecule has 0 aliphatic carbocycles. The fraction of sp³-hybridized carbons (Fsp3) is 0.385. The number of carbonyl (C=O) groups excluding carboxylic acids is 1. The van der Waals surface area contributed by atoms with Crippen LogP contribution in [0.1, 0.15) is 15.5 Å². The van der Waals surface area contributed by atoms with Gasteiger partial charge in [0, 0.05) is 25.5 Å². The van der Waals surface area contributed by atoms with E-state index in [0.717, 1.165) is 23.9 Å². The molecule has 0 spiro atoms. The van der Waals surface area contributed by atoms with Gasteiger partial charge < -0.3 is 24.7 Å². The van der Waals surface area contributed by atoms with E-state index in [1.165, 1.54) is 18.4 Å². The third kappa shape index (κ3) is 2.21. The Balaban J connectivity index is 1.97. The second-order valence-corrected chi connectivity index (χ2v) is 5.63. The molecule has 3 heterocycles. The highest BCUT2D eigenvalue weighted by Gasteiger charge is 2.28. The minimum Gasteiger partial charge on any atom is -0.492 e. The fourth-order valence-electron chi connectivity index (χ4n) is 2.41. The summed E-state index contributed by atoms with van der Waals surface area (Å²) >= 11 is 1.29. The Morgan fingerprint density at radius 1 is 1.43 bits per heavy atom. The number of imidazole rings is 1. The van der Waals surface area contributed by atoms with Crippen LogP contribution in [0.4, 0.5) is 10.7 Å². The normalized spacial score (nSPS) is 13.9. The lowest BCUT2D eigenvalue weighted by molar-refractivity contribution is 0.0607. The molecule has 0 aromatic carbocycles. The Hall–Kier alpha value is -2.22. The van der Waals surface area contributed by atoms with Crippen molar-refractivity contribution >= 4 is 28.0 Å². The molecule has 7 nitrogen and oxygen atoms in total. The molecule has 2 N–H and O–H groups in total. The average Bonchev–Trinajstić information content (AvgIpc) is 3.09. The summed E-state index contributed by atoms with van der Waals surface area (Å²) in [6, 6.07) is 0. The topological polar surface area (TPSA) is 82.6 Å². The monoisotopic (exact) mass is 308 g/mol. The van der Waals surface area contributed by atoms with Crippen molar-refractivity contribution in [2.24, 2.45) is 0 Å². The van der Waals surface area contributed by atoms with Gasteiger partial charge in [-0.2, -0.15) is 0 Å². The highest BCUT2D eigenvalue weighted by atomic mass is 32.1. The lowest BCUT2D eigenvalue weighted by Gasteiger charge is -2.28. The molecular weight excluding hydrogens is 292 g/mol. The van der Waals surface area contributed by atoms with Gasteiger partial charge in [-0.25, -0.2) is 9.78 Å². The molecule has 1 aliphatic heterocycles. The van der Waals surface area contributed by atoms with Gasteiger partial charge in [0.2, 0.25) is 0 Å². The van der Waals surface area contributed by atoms with Crippen LogP contribution in [0.25, 0.3) is 0 Å². The van der Waals surface area contributed by atoms with Crippen LogP contribution in [-0.4, -0.2) is 36.3 Å². The number of anilines is 2. The van der Waals surface area contributed by atoms with Crippen molar-refractivity contribution in [1.29, 1.82) is 0 Å². The molecule has 2 aromatic rings. The summed E-state index contributed by atoms with van der Waals surface area (Å²) < 4.78 is 12.3. The maximum Gasteiger partial charge on any atom is 0.350 e. The molecule has 1 aliphatic rings. The van der Waals surface area contributed by atoms with E-state index in [9.17, 15) is 4.79 Å². The van der Waals surface area contributed by atoms with Gasteiger partial charge in [-0.15, -0.1) is 11.3 Å². The number of aromatic nitrogens is 2. The van der Waals surface area contributed by atoms with Gasteiger partial charge in [0.15, 0.2) is 5.75 Å². The third-order valence-electron chi connectivity index (χ3n) is 3.49. The molecule has 0 atom stereocenters. The van der Waals surface area contributed by atoms with Gasteiger partial charge >= 0.3 is 5.97 Å². The van der Waals surface area contributed by atoms with Crippen LogP contribution >= 0.6 is 11.3 Å². The zero-order valence-corrected chi connectivity index (χ0v) is 12.6. The highest BCUT2D eigenvalue weighted by molar-refractivity contribution is 7.19. The number of carbonyl (C=O) groups is 1. The van der Waals surface area contributed by atoms with E-state index in [1.807, 2.05) is 6.20 Å². The van der Waals surface area contributed by atoms with Gasteiger partial charge in [0.1, 0.15) is 21.4 Å². The number of ether oxygens (including phenoxy) is 2. The lowest BCUT2D eigenvalue weighted by Crippen LogP contribution is -2.33. The number of hydrogen-bond acceptors (Lipinski definition) is 7. The summed E-state index contributed by atoms with van der Waals surface area (Å²) in [6.07, 6.45) is 3.76. The van der Waals surface area contributed by atoms with Gasteiger partial charge in [-0.1, -0.05) is 0 Å². The molecule has 21 heavy (non-hydrogen) atoms. The van der Waals surface area contributed by atoms with Gasteiger partial charge in [-0.05, 0) is 0 Å². The van der Waals surface area contributed by atoms with E-state index in [-0.39, 0.29) is 0 Å². The van der Waals surface area contributed by atoms with E-state index in [2.05, 4.69) is 14.5 Å². The fourth-order valence-corrected chi connectivity index (χ4v) is 3.55. The number of rotatable bonds is 3. The number of nitrogens with zero attached hydrogens (tertiary/aromatic N) is 3. The molecule has 0 saturated carbocycles. The lowest BCUT2D eigenvalue weighted by atomic mass is 10.3. The zero-order chi connectivity index (χ0) is 15.0. The van der Waals surface area contributed by atoms with Crippen molar-refractivity contribution < 1.29 is 14.3 Å². The predicted molar refractivity (Wildman–Crippen MR) is 79.9 cm³/mol. The SMILES string of the molecule is COC(=O)c1sc(N2CCn3ccnc3C2)c(OC)c1N. The summed E-state index contributed by atoms with van der Waals surface area (Å²) in [6.45, 7) is 2.30. The van der Waals surface area contributed by atoms with Crippen molar-refractivity contribution in [2.45, 2.75) is 13.1 Å². The first-order valence-electron chi connectivity index (χ1n) is 6.45. The second kappa shape index (κ2) is 5.28. The minimum atomic E-state index is -0.444. The molecule has 0 fully saturated rings. The van der Waals surface area contributed by atoms with Crippen LogP contribution in [-0.2, 0) is 17.8 Å². The van der Waals surface area contributed by atoms with Gasteiger partial charge in [0.25, 0.3) is 0 Å². The van der Waals surface area contributed by atoms with Crippen LogP contribution in [0.2, 0.25) is 0 Å². The first-order chi connectivity index (χ1) is 10.2. The highest BCUT2D eigenvalue weighted by Crippen LogP contribution is 2.45. The van der Waals surface area contributed by atoms with E-state index in [4.69, 9.17) is 15.2 Å². The maximum absolute atomic E-state index is 11.8. The third-order valence-corrected chi connectivity index (χ3v) is 4.72. The minimum absolute atomic E-state index is 0.332. The summed E-state index contributed by atoms with van der Waals surface area (Å²) in [7, 11) is 2.89. The Labute approximate surface area is 125 Å². The molecule has 0 unspecified atom stereocenters. The second-order valence-electron chi connectivity index (χ2n) is 4.63. The number of nitrogen functional groups attached to an aromatic ring is 1. The van der Waals surface area contributed by atoms with Crippen LogP contribution in [0.5, 0.6) is 5.75 Å². The maximum atomic E-state index is 11.8. The van der Waals surface area contributed by atoms with Crippen molar-refractivity contribution in [3.63, 3.8) is 0 Å². The Morgan fingerprint density at radius 3 is 2.95 bits per heavy atom. The van der Waals surface area contributed by atoms with Crippen molar-refractivity contribution in [3.8, 4) is 5.75 Å². The predicted octanol–water partition coefficient (Wildman–Crippen LogP) is 1.34. The first kappa shape index (κ1) is 13.7. The van der Waals surface area contributed by atoms with Crippen molar-refractivity contribution in [3.05, 3.63) is 23.1 Å². The zero-order valence-electron chi connectivity index (χ0n) is 11.8. The Kier molecular flexibility index (Phi) is 3.46. The number of nitrogens with two attached hydrogens (primary N) is 1. The van der Waals surface area contributed by atoms with E-state index in [1.54, 1.807) is 13.3 Å². The molecular formula is C13H16N4O3S. The largest absolute Gasteiger partial charge is 0.492 e. The Bertz CT molecular complexity index is 679. The number of fused-ring (bicyclic) bond motifs is 1. The Morgan fingerprint density at radius 2 is 2.24 bits per heavy atom. The van der Waals surface area contributed by atoms with Crippen LogP contribution in [0, 0.1) is 0 Å². The summed E-state index contributed by atoms with van der Waals surface area (Å²) in [4.78, 5) is 18.6. The van der Waals surface area contributed by atoms with Crippen molar-refractivity contribution in [1.82, 2.24) is 9.55 Å². The smallest absolute Gasteiger partial charge is 0.350 e. The molecule has 2 aromatic heterocycles. The van der Waals surface area contributed by atoms with E-state index < -0.39 is 5.97 Å². The molecule has 3 rings (SSSR count). The summed E-state index contributed by atoms with van der Waals surface area (Å²) in [5.74, 6) is 1.07. The molecule has 0 amide bonds. The van der Waals surface area contributed by atoms with Gasteiger partial charge in [0.05, 0.1) is 20.8 Å². The van der Waals surface area contributed by atoms with E-state index in [0.29, 0.717) is 22.9 Å². The number of methoxy groups -OCH3 is 2. The van der Waals surface area contributed by atoms with Crippen LogP contribution in [0.3, 0.4) is 0 Å². The number of esters is 1. The summed E-state index contributed by atoms with van der Waals surface area (Å²) in [5, 5.41) is 0.838. The average molecular weight is 308 g/mol. The molecule has 0 saturated heterocycles.